The second-order valence-electron chi connectivity index (χ2n) is 4.64. The van der Waals surface area contributed by atoms with E-state index >= 15 is 0 Å². The summed E-state index contributed by atoms with van der Waals surface area (Å²) >= 11 is 0. The van der Waals surface area contributed by atoms with Crippen LogP contribution in [-0.2, 0) is 0 Å². The van der Waals surface area contributed by atoms with Crippen molar-refractivity contribution in [1.82, 2.24) is 10.2 Å². The predicted octanol–water partition coefficient (Wildman–Crippen LogP) is 2.46. The van der Waals surface area contributed by atoms with Gasteiger partial charge in [-0.25, -0.2) is 0 Å². The molecule has 1 N–H and O–H groups in total. The molecule has 1 aliphatic heterocycles. The van der Waals surface area contributed by atoms with Gasteiger partial charge < -0.3 is 5.32 Å². The van der Waals surface area contributed by atoms with Crippen LogP contribution in [0.25, 0.3) is 0 Å². The molecule has 2 nitrogen and oxygen atoms in total. The zero-order chi connectivity index (χ0) is 9.10. The monoisotopic (exact) mass is 254 g/mol. The maximum atomic E-state index is 3.51. The second-order valence-corrected chi connectivity index (χ2v) is 4.64. The standard InChI is InChI=1S/C11H22N2.2ClH/c1-10-9-13(8-7-12-10)11-5-3-2-4-6-11;;/h10-12H,2-9H2,1H3;2*1H. The fourth-order valence-corrected chi connectivity index (χ4v) is 2.74. The summed E-state index contributed by atoms with van der Waals surface area (Å²) in [5.41, 5.74) is 0. The van der Waals surface area contributed by atoms with Crippen molar-refractivity contribution in [3.63, 3.8) is 0 Å². The van der Waals surface area contributed by atoms with Gasteiger partial charge in [0.2, 0.25) is 0 Å². The Bertz CT molecular complexity index is 161. The predicted molar refractivity (Wildman–Crippen MR) is 70.4 cm³/mol. The Morgan fingerprint density at radius 2 is 1.73 bits per heavy atom. The molecule has 0 radical (unpaired) electrons. The van der Waals surface area contributed by atoms with Crippen LogP contribution in [0.5, 0.6) is 0 Å². The lowest BCUT2D eigenvalue weighted by Gasteiger charge is -2.39. The van der Waals surface area contributed by atoms with E-state index in [-0.39, 0.29) is 24.8 Å². The zero-order valence-electron chi connectivity index (χ0n) is 9.58. The van der Waals surface area contributed by atoms with Crippen molar-refractivity contribution in [2.24, 2.45) is 0 Å². The van der Waals surface area contributed by atoms with Gasteiger partial charge in [-0.1, -0.05) is 19.3 Å². The van der Waals surface area contributed by atoms with E-state index in [1.807, 2.05) is 0 Å². The zero-order valence-corrected chi connectivity index (χ0v) is 11.2. The summed E-state index contributed by atoms with van der Waals surface area (Å²) in [4.78, 5) is 2.71. The van der Waals surface area contributed by atoms with Crippen LogP contribution in [0, 0.1) is 0 Å². The Labute approximate surface area is 106 Å². The summed E-state index contributed by atoms with van der Waals surface area (Å²) < 4.78 is 0. The molecular formula is C11H24Cl2N2. The molecular weight excluding hydrogens is 231 g/mol. The molecule has 1 saturated carbocycles. The van der Waals surface area contributed by atoms with E-state index in [1.54, 1.807) is 0 Å². The Morgan fingerprint density at radius 3 is 2.33 bits per heavy atom. The first-order chi connectivity index (χ1) is 6.36. The molecule has 0 bridgehead atoms. The van der Waals surface area contributed by atoms with Gasteiger partial charge in [-0.05, 0) is 19.8 Å². The number of hydrogen-bond acceptors (Lipinski definition) is 2. The van der Waals surface area contributed by atoms with Crippen molar-refractivity contribution >= 4 is 24.8 Å². The van der Waals surface area contributed by atoms with Gasteiger partial charge in [0, 0.05) is 31.7 Å². The second kappa shape index (κ2) is 7.72. The van der Waals surface area contributed by atoms with Crippen LogP contribution in [0.2, 0.25) is 0 Å². The van der Waals surface area contributed by atoms with Gasteiger partial charge in [-0.2, -0.15) is 0 Å². The largest absolute Gasteiger partial charge is 0.312 e. The first kappa shape index (κ1) is 15.5. The maximum absolute atomic E-state index is 3.51. The number of nitrogens with one attached hydrogen (secondary N) is 1. The molecule has 0 aromatic heterocycles. The van der Waals surface area contributed by atoms with Crippen molar-refractivity contribution in [2.75, 3.05) is 19.6 Å². The van der Waals surface area contributed by atoms with Crippen molar-refractivity contribution in [1.29, 1.82) is 0 Å². The Hall–Kier alpha value is 0.500. The van der Waals surface area contributed by atoms with E-state index in [9.17, 15) is 0 Å². The number of rotatable bonds is 1. The van der Waals surface area contributed by atoms with Crippen LogP contribution >= 0.6 is 24.8 Å². The Kier molecular flexibility index (Phi) is 7.98. The van der Waals surface area contributed by atoms with E-state index in [0.717, 1.165) is 6.04 Å². The Balaban J connectivity index is 0.000000980. The third kappa shape index (κ3) is 4.48. The van der Waals surface area contributed by atoms with Crippen molar-refractivity contribution in [2.45, 2.75) is 51.1 Å². The van der Waals surface area contributed by atoms with E-state index < -0.39 is 0 Å². The molecule has 0 aromatic carbocycles. The molecule has 4 heteroatoms. The molecule has 1 aliphatic carbocycles. The number of piperazine rings is 1. The SMILES string of the molecule is CC1CN(C2CCCCC2)CCN1.Cl.Cl. The van der Waals surface area contributed by atoms with Gasteiger partial charge in [0.25, 0.3) is 0 Å². The van der Waals surface area contributed by atoms with E-state index in [0.29, 0.717) is 6.04 Å². The number of hydrogen-bond donors (Lipinski definition) is 1. The average molecular weight is 255 g/mol. The lowest BCUT2D eigenvalue weighted by Crippen LogP contribution is -2.53. The highest BCUT2D eigenvalue weighted by atomic mass is 35.5. The van der Waals surface area contributed by atoms with E-state index in [4.69, 9.17) is 0 Å². The summed E-state index contributed by atoms with van der Waals surface area (Å²) in [6.45, 7) is 6.03. The molecule has 0 spiro atoms. The van der Waals surface area contributed by atoms with E-state index in [2.05, 4.69) is 17.1 Å². The minimum atomic E-state index is 0. The molecule has 1 atom stereocenters. The quantitative estimate of drug-likeness (QED) is 0.774. The van der Waals surface area contributed by atoms with Gasteiger partial charge in [0.05, 0.1) is 0 Å². The smallest absolute Gasteiger partial charge is 0.0167 e. The summed E-state index contributed by atoms with van der Waals surface area (Å²) in [5, 5.41) is 3.51. The van der Waals surface area contributed by atoms with Crippen LogP contribution in [0.3, 0.4) is 0 Å². The van der Waals surface area contributed by atoms with E-state index in [1.165, 1.54) is 51.7 Å². The lowest BCUT2D eigenvalue weighted by atomic mass is 9.93. The third-order valence-corrected chi connectivity index (χ3v) is 3.49. The van der Waals surface area contributed by atoms with Crippen molar-refractivity contribution in [3.05, 3.63) is 0 Å². The van der Waals surface area contributed by atoms with Crippen LogP contribution < -0.4 is 5.32 Å². The summed E-state index contributed by atoms with van der Waals surface area (Å²) in [6.07, 6.45) is 7.30. The maximum Gasteiger partial charge on any atom is 0.0167 e. The fourth-order valence-electron chi connectivity index (χ4n) is 2.74. The summed E-state index contributed by atoms with van der Waals surface area (Å²) in [5.74, 6) is 0. The van der Waals surface area contributed by atoms with Crippen molar-refractivity contribution < 1.29 is 0 Å². The molecule has 15 heavy (non-hydrogen) atoms. The minimum absolute atomic E-state index is 0. The van der Waals surface area contributed by atoms with Crippen LogP contribution in [-0.4, -0.2) is 36.6 Å². The fraction of sp³-hybridized carbons (Fsp3) is 1.00. The van der Waals surface area contributed by atoms with Gasteiger partial charge in [0.1, 0.15) is 0 Å². The first-order valence-corrected chi connectivity index (χ1v) is 5.83. The van der Waals surface area contributed by atoms with Gasteiger partial charge in [-0.15, -0.1) is 24.8 Å². The first-order valence-electron chi connectivity index (χ1n) is 5.83. The molecule has 2 aliphatic rings. The molecule has 0 aromatic rings. The highest BCUT2D eigenvalue weighted by molar-refractivity contribution is 5.85. The Morgan fingerprint density at radius 1 is 1.07 bits per heavy atom. The van der Waals surface area contributed by atoms with Crippen LogP contribution in [0.15, 0.2) is 0 Å². The summed E-state index contributed by atoms with van der Waals surface area (Å²) in [7, 11) is 0. The number of nitrogens with zero attached hydrogens (tertiary/aromatic N) is 1. The van der Waals surface area contributed by atoms with Crippen molar-refractivity contribution in [3.8, 4) is 0 Å². The van der Waals surface area contributed by atoms with Crippen LogP contribution in [0.1, 0.15) is 39.0 Å². The topological polar surface area (TPSA) is 15.3 Å². The third-order valence-electron chi connectivity index (χ3n) is 3.49. The molecule has 0 amide bonds. The van der Waals surface area contributed by atoms with Gasteiger partial charge >= 0.3 is 0 Å². The normalized spacial score (nSPS) is 29.0. The molecule has 1 saturated heterocycles. The average Bonchev–Trinajstić information content (AvgIpc) is 2.19. The molecule has 1 heterocycles. The summed E-state index contributed by atoms with van der Waals surface area (Å²) in [6, 6.07) is 1.62. The molecule has 2 fully saturated rings. The molecule has 92 valence electrons. The molecule has 2 rings (SSSR count). The van der Waals surface area contributed by atoms with Gasteiger partial charge in [-0.3, -0.25) is 4.90 Å². The lowest BCUT2D eigenvalue weighted by molar-refractivity contribution is 0.119. The van der Waals surface area contributed by atoms with Gasteiger partial charge in [0.15, 0.2) is 0 Å². The highest BCUT2D eigenvalue weighted by Crippen LogP contribution is 2.23. The molecule has 1 unspecified atom stereocenters. The minimum Gasteiger partial charge on any atom is -0.312 e. The van der Waals surface area contributed by atoms with Crippen LogP contribution in [0.4, 0.5) is 0 Å². The number of halogens is 2. The highest BCUT2D eigenvalue weighted by Gasteiger charge is 2.24.